The van der Waals surface area contributed by atoms with Crippen LogP contribution in [0.25, 0.3) is 0 Å². The van der Waals surface area contributed by atoms with Crippen molar-refractivity contribution in [2.75, 3.05) is 31.6 Å². The van der Waals surface area contributed by atoms with Gasteiger partial charge in [0.2, 0.25) is 0 Å². The minimum Gasteiger partial charge on any atom is -0.373 e. The molecule has 1 amide bonds. The molecule has 0 radical (unpaired) electrons. The number of amides is 1. The minimum atomic E-state index is -0.197. The van der Waals surface area contributed by atoms with Gasteiger partial charge < -0.3 is 15.0 Å². The summed E-state index contributed by atoms with van der Waals surface area (Å²) in [4.78, 5) is 23.0. The van der Waals surface area contributed by atoms with Gasteiger partial charge in [0.15, 0.2) is 0 Å². The molecule has 0 bridgehead atoms. The quantitative estimate of drug-likeness (QED) is 0.916. The fourth-order valence-electron chi connectivity index (χ4n) is 4.02. The number of likely N-dealkylation sites (tertiary alicyclic amines) is 1. The van der Waals surface area contributed by atoms with Crippen molar-refractivity contribution in [1.29, 1.82) is 0 Å². The van der Waals surface area contributed by atoms with Crippen LogP contribution in [0.4, 0.5) is 5.82 Å². The second-order valence-corrected chi connectivity index (χ2v) is 7.23. The summed E-state index contributed by atoms with van der Waals surface area (Å²) in [7, 11) is 0. The predicted molar refractivity (Wildman–Crippen MR) is 98.9 cm³/mol. The summed E-state index contributed by atoms with van der Waals surface area (Å²) in [6.45, 7) is 3.05. The Bertz CT molecular complexity index is 740. The number of carbonyl (C=O) groups is 1. The van der Waals surface area contributed by atoms with Crippen molar-refractivity contribution in [3.05, 3.63) is 54.5 Å². The SMILES string of the molecule is O=C(c1ccncc1)N1CCCC2(CC(CNc3ccccn3)CO2)C1. The van der Waals surface area contributed by atoms with Gasteiger partial charge in [-0.15, -0.1) is 0 Å². The highest BCUT2D eigenvalue weighted by molar-refractivity contribution is 5.94. The number of piperidine rings is 1. The summed E-state index contributed by atoms with van der Waals surface area (Å²) in [5, 5.41) is 3.39. The second kappa shape index (κ2) is 7.41. The van der Waals surface area contributed by atoms with E-state index in [1.54, 1.807) is 30.7 Å². The number of nitrogens with one attached hydrogen (secondary N) is 1. The molecule has 2 aromatic heterocycles. The van der Waals surface area contributed by atoms with Gasteiger partial charge in [-0.2, -0.15) is 0 Å². The molecule has 2 aliphatic rings. The Morgan fingerprint density at radius 3 is 2.96 bits per heavy atom. The molecule has 4 heterocycles. The van der Waals surface area contributed by atoms with Crippen LogP contribution in [-0.2, 0) is 4.74 Å². The first-order chi connectivity index (χ1) is 12.7. The highest BCUT2D eigenvalue weighted by atomic mass is 16.5. The monoisotopic (exact) mass is 352 g/mol. The Kier molecular flexibility index (Phi) is 4.84. The molecule has 4 rings (SSSR count). The zero-order valence-electron chi connectivity index (χ0n) is 14.8. The number of hydrogen-bond acceptors (Lipinski definition) is 5. The van der Waals surface area contributed by atoms with Crippen LogP contribution in [0.2, 0.25) is 0 Å². The molecule has 2 aromatic rings. The van der Waals surface area contributed by atoms with Crippen molar-refractivity contribution >= 4 is 11.7 Å². The van der Waals surface area contributed by atoms with Gasteiger partial charge in [-0.1, -0.05) is 6.07 Å². The Labute approximate surface area is 153 Å². The average molecular weight is 352 g/mol. The van der Waals surface area contributed by atoms with Crippen molar-refractivity contribution < 1.29 is 9.53 Å². The fourth-order valence-corrected chi connectivity index (χ4v) is 4.02. The molecule has 26 heavy (non-hydrogen) atoms. The van der Waals surface area contributed by atoms with Crippen molar-refractivity contribution in [1.82, 2.24) is 14.9 Å². The predicted octanol–water partition coefficient (Wildman–Crippen LogP) is 2.60. The van der Waals surface area contributed by atoms with Crippen LogP contribution in [-0.4, -0.2) is 52.6 Å². The lowest BCUT2D eigenvalue weighted by Crippen LogP contribution is -2.50. The number of nitrogens with zero attached hydrogens (tertiary/aromatic N) is 3. The normalized spacial score (nSPS) is 25.4. The number of rotatable bonds is 4. The number of pyridine rings is 2. The summed E-state index contributed by atoms with van der Waals surface area (Å²) < 4.78 is 6.23. The van der Waals surface area contributed by atoms with E-state index in [0.717, 1.165) is 44.8 Å². The smallest absolute Gasteiger partial charge is 0.254 e. The molecular weight excluding hydrogens is 328 g/mol. The molecule has 2 fully saturated rings. The van der Waals surface area contributed by atoms with E-state index in [-0.39, 0.29) is 11.5 Å². The number of ether oxygens (including phenoxy) is 1. The third-order valence-corrected chi connectivity index (χ3v) is 5.28. The molecule has 2 unspecified atom stereocenters. The number of carbonyl (C=O) groups excluding carboxylic acids is 1. The van der Waals surface area contributed by atoms with Gasteiger partial charge in [0, 0.05) is 49.7 Å². The zero-order valence-corrected chi connectivity index (χ0v) is 14.8. The molecule has 1 N–H and O–H groups in total. The summed E-state index contributed by atoms with van der Waals surface area (Å²) in [6, 6.07) is 9.42. The molecule has 0 aliphatic carbocycles. The van der Waals surface area contributed by atoms with Crippen LogP contribution in [0, 0.1) is 5.92 Å². The van der Waals surface area contributed by atoms with E-state index in [0.29, 0.717) is 18.0 Å². The van der Waals surface area contributed by atoms with Crippen LogP contribution >= 0.6 is 0 Å². The molecule has 2 saturated heterocycles. The van der Waals surface area contributed by atoms with Crippen LogP contribution < -0.4 is 5.32 Å². The van der Waals surface area contributed by atoms with Crippen LogP contribution in [0.1, 0.15) is 29.6 Å². The molecular formula is C20H24N4O2. The molecule has 2 aliphatic heterocycles. The third-order valence-electron chi connectivity index (χ3n) is 5.28. The van der Waals surface area contributed by atoms with Crippen molar-refractivity contribution in [2.24, 2.45) is 5.92 Å². The van der Waals surface area contributed by atoms with Gasteiger partial charge in [-0.25, -0.2) is 4.98 Å². The van der Waals surface area contributed by atoms with Gasteiger partial charge in [0.05, 0.1) is 12.2 Å². The first-order valence-corrected chi connectivity index (χ1v) is 9.22. The maximum atomic E-state index is 12.8. The molecule has 136 valence electrons. The largest absolute Gasteiger partial charge is 0.373 e. The second-order valence-electron chi connectivity index (χ2n) is 7.23. The first-order valence-electron chi connectivity index (χ1n) is 9.22. The Hall–Kier alpha value is -2.47. The fraction of sp³-hybridized carbons (Fsp3) is 0.450. The molecule has 0 aromatic carbocycles. The highest BCUT2D eigenvalue weighted by Gasteiger charge is 2.44. The van der Waals surface area contributed by atoms with E-state index in [1.165, 1.54) is 0 Å². The van der Waals surface area contributed by atoms with Gasteiger partial charge in [-0.3, -0.25) is 9.78 Å². The topological polar surface area (TPSA) is 67.4 Å². The van der Waals surface area contributed by atoms with Crippen molar-refractivity contribution in [2.45, 2.75) is 24.9 Å². The van der Waals surface area contributed by atoms with Crippen LogP contribution in [0.5, 0.6) is 0 Å². The van der Waals surface area contributed by atoms with E-state index in [1.807, 2.05) is 23.1 Å². The maximum absolute atomic E-state index is 12.8. The van der Waals surface area contributed by atoms with Crippen LogP contribution in [0.3, 0.4) is 0 Å². The number of aromatic nitrogens is 2. The summed E-state index contributed by atoms with van der Waals surface area (Å²) in [6.07, 6.45) is 8.10. The third kappa shape index (κ3) is 3.70. The first kappa shape index (κ1) is 17.0. The molecule has 6 nitrogen and oxygen atoms in total. The van der Waals surface area contributed by atoms with E-state index in [2.05, 4.69) is 15.3 Å². The maximum Gasteiger partial charge on any atom is 0.254 e. The Balaban J connectivity index is 1.36. The van der Waals surface area contributed by atoms with Gasteiger partial charge in [-0.05, 0) is 43.5 Å². The zero-order chi connectivity index (χ0) is 17.8. The summed E-state index contributed by atoms with van der Waals surface area (Å²) >= 11 is 0. The van der Waals surface area contributed by atoms with Crippen LogP contribution in [0.15, 0.2) is 48.9 Å². The lowest BCUT2D eigenvalue weighted by atomic mass is 9.86. The van der Waals surface area contributed by atoms with E-state index in [4.69, 9.17) is 4.74 Å². The lowest BCUT2D eigenvalue weighted by molar-refractivity contribution is -0.0449. The standard InChI is InChI=1S/C20H24N4O2/c25-19(17-5-9-21-10-6-17)24-11-3-7-20(15-24)12-16(14-26-20)13-23-18-4-1-2-8-22-18/h1-2,4-6,8-10,16H,3,7,11-15H2,(H,22,23). The van der Waals surface area contributed by atoms with Gasteiger partial charge >= 0.3 is 0 Å². The molecule has 0 saturated carbocycles. The molecule has 6 heteroatoms. The number of hydrogen-bond donors (Lipinski definition) is 1. The molecule has 1 spiro atoms. The lowest BCUT2D eigenvalue weighted by Gasteiger charge is -2.39. The van der Waals surface area contributed by atoms with E-state index >= 15 is 0 Å². The average Bonchev–Trinajstić information content (AvgIpc) is 3.09. The highest BCUT2D eigenvalue weighted by Crippen LogP contribution is 2.37. The van der Waals surface area contributed by atoms with Gasteiger partial charge in [0.1, 0.15) is 5.82 Å². The van der Waals surface area contributed by atoms with Crippen molar-refractivity contribution in [3.8, 4) is 0 Å². The summed E-state index contributed by atoms with van der Waals surface area (Å²) in [5.41, 5.74) is 0.501. The number of anilines is 1. The Morgan fingerprint density at radius 2 is 2.15 bits per heavy atom. The van der Waals surface area contributed by atoms with E-state index in [9.17, 15) is 4.79 Å². The Morgan fingerprint density at radius 1 is 1.27 bits per heavy atom. The molecule has 2 atom stereocenters. The van der Waals surface area contributed by atoms with E-state index < -0.39 is 0 Å². The van der Waals surface area contributed by atoms with Gasteiger partial charge in [0.25, 0.3) is 5.91 Å². The summed E-state index contributed by atoms with van der Waals surface area (Å²) in [5.74, 6) is 1.41. The minimum absolute atomic E-state index is 0.0742. The van der Waals surface area contributed by atoms with Crippen molar-refractivity contribution in [3.63, 3.8) is 0 Å².